The average molecular weight is 723 g/mol. The van der Waals surface area contributed by atoms with Crippen LogP contribution < -0.4 is 0 Å². The van der Waals surface area contributed by atoms with Crippen LogP contribution in [0.4, 0.5) is 0 Å². The van der Waals surface area contributed by atoms with Crippen LogP contribution in [0.3, 0.4) is 0 Å². The fourth-order valence-electron chi connectivity index (χ4n) is 7.65. The van der Waals surface area contributed by atoms with Crippen LogP contribution in [0.2, 0.25) is 0 Å². The van der Waals surface area contributed by atoms with Crippen LogP contribution in [-0.4, -0.2) is 19.5 Å². The topological polar surface area (TPSA) is 56.7 Å². The molecule has 0 saturated carbocycles. The number of hydrogen-bond acceptors (Lipinski definition) is 4. The van der Waals surface area contributed by atoms with Gasteiger partial charge in [-0.25, -0.2) is 15.0 Å². The summed E-state index contributed by atoms with van der Waals surface area (Å²) >= 11 is 0. The molecule has 0 aliphatic heterocycles. The number of allylic oxidation sites excluding steroid dienone is 5. The Morgan fingerprint density at radius 1 is 0.589 bits per heavy atom. The normalized spacial score (nSPS) is 12.1. The van der Waals surface area contributed by atoms with E-state index in [0.29, 0.717) is 17.5 Å². The minimum absolute atomic E-state index is 0.561. The Morgan fingerprint density at radius 3 is 1.86 bits per heavy atom. The Labute approximate surface area is 326 Å². The number of furan rings is 1. The lowest BCUT2D eigenvalue weighted by Gasteiger charge is -2.10. The molecular weight excluding hydrogens is 685 g/mol. The molecule has 5 nitrogen and oxygen atoms in total. The first-order chi connectivity index (χ1) is 27.6. The van der Waals surface area contributed by atoms with Gasteiger partial charge in [0.2, 0.25) is 0 Å². The maximum atomic E-state index is 6.85. The zero-order chi connectivity index (χ0) is 38.2. The van der Waals surface area contributed by atoms with Gasteiger partial charge in [0.1, 0.15) is 11.3 Å². The molecular formula is C51H38N4O. The summed E-state index contributed by atoms with van der Waals surface area (Å²) in [4.78, 5) is 14.9. The molecule has 0 radical (unpaired) electrons. The van der Waals surface area contributed by atoms with Crippen LogP contribution in [0.25, 0.3) is 89.1 Å². The van der Waals surface area contributed by atoms with E-state index in [0.717, 1.165) is 78.0 Å². The fourth-order valence-corrected chi connectivity index (χ4v) is 7.65. The van der Waals surface area contributed by atoms with Gasteiger partial charge in [-0.05, 0) is 60.9 Å². The molecule has 0 aliphatic carbocycles. The highest BCUT2D eigenvalue weighted by Gasteiger charge is 2.22. The number of para-hydroxylation sites is 2. The van der Waals surface area contributed by atoms with E-state index in [2.05, 4.69) is 110 Å². The maximum absolute atomic E-state index is 6.85. The number of benzene rings is 6. The van der Waals surface area contributed by atoms with Crippen molar-refractivity contribution in [3.8, 4) is 45.0 Å². The molecule has 3 heterocycles. The van der Waals surface area contributed by atoms with Gasteiger partial charge in [0.15, 0.2) is 17.5 Å². The molecule has 3 aromatic heterocycles. The van der Waals surface area contributed by atoms with Gasteiger partial charge in [0.25, 0.3) is 0 Å². The third-order valence-electron chi connectivity index (χ3n) is 10.4. The number of aryl methyl sites for hydroxylation is 1. The zero-order valence-electron chi connectivity index (χ0n) is 31.3. The number of hydrogen-bond donors (Lipinski definition) is 0. The molecule has 9 rings (SSSR count). The molecule has 0 N–H and O–H groups in total. The molecule has 9 aromatic rings. The second-order valence-corrected chi connectivity index (χ2v) is 13.7. The van der Waals surface area contributed by atoms with E-state index >= 15 is 0 Å². The largest absolute Gasteiger partial charge is 0.455 e. The van der Waals surface area contributed by atoms with Crippen molar-refractivity contribution in [2.45, 2.75) is 13.8 Å². The lowest BCUT2D eigenvalue weighted by Crippen LogP contribution is -2.03. The minimum atomic E-state index is 0.561. The standard InChI is InChI=1S/C51H38N4O/c1-5-17-39(6-2)55-45-25-15-14-22-43(45)44-32-38(30-31-46(44)55)34-26-28-35(29-27-34)42-24-16-23-41-33(4)47(56-48(41)42)40(7-3)51-53-49(36-18-10-8-11-19-36)52-50(54-51)37-20-12-9-13-21-37/h5-32H,1-2H2,3-4H3/b39-17+,40-7+. The highest BCUT2D eigenvalue weighted by Crippen LogP contribution is 2.40. The molecule has 0 bridgehead atoms. The second kappa shape index (κ2) is 14.5. The summed E-state index contributed by atoms with van der Waals surface area (Å²) < 4.78 is 9.09. The van der Waals surface area contributed by atoms with E-state index in [4.69, 9.17) is 19.4 Å². The predicted octanol–water partition coefficient (Wildman–Crippen LogP) is 13.4. The van der Waals surface area contributed by atoms with Crippen molar-refractivity contribution >= 4 is 44.0 Å². The first-order valence-corrected chi connectivity index (χ1v) is 18.7. The van der Waals surface area contributed by atoms with Gasteiger partial charge in [0.05, 0.1) is 16.6 Å². The maximum Gasteiger partial charge on any atom is 0.167 e. The molecule has 0 atom stereocenters. The highest BCUT2D eigenvalue weighted by atomic mass is 16.3. The zero-order valence-corrected chi connectivity index (χ0v) is 31.3. The number of fused-ring (bicyclic) bond motifs is 4. The van der Waals surface area contributed by atoms with Crippen molar-refractivity contribution in [2.24, 2.45) is 0 Å². The quantitative estimate of drug-likeness (QED) is 0.139. The van der Waals surface area contributed by atoms with E-state index < -0.39 is 0 Å². The predicted molar refractivity (Wildman–Crippen MR) is 233 cm³/mol. The third kappa shape index (κ3) is 5.96. The molecule has 0 spiro atoms. The van der Waals surface area contributed by atoms with Gasteiger partial charge in [-0.1, -0.05) is 153 Å². The lowest BCUT2D eigenvalue weighted by molar-refractivity contribution is 0.597. The van der Waals surface area contributed by atoms with Crippen LogP contribution in [0.5, 0.6) is 0 Å². The Morgan fingerprint density at radius 2 is 1.20 bits per heavy atom. The van der Waals surface area contributed by atoms with Crippen molar-refractivity contribution in [1.29, 1.82) is 0 Å². The molecule has 0 unspecified atom stereocenters. The smallest absolute Gasteiger partial charge is 0.167 e. The van der Waals surface area contributed by atoms with E-state index in [1.54, 1.807) is 6.08 Å². The minimum Gasteiger partial charge on any atom is -0.455 e. The van der Waals surface area contributed by atoms with Crippen molar-refractivity contribution in [1.82, 2.24) is 19.5 Å². The van der Waals surface area contributed by atoms with E-state index in [1.807, 2.05) is 85.8 Å². The van der Waals surface area contributed by atoms with Gasteiger partial charge in [-0.2, -0.15) is 0 Å². The van der Waals surface area contributed by atoms with Gasteiger partial charge in [-0.15, -0.1) is 0 Å². The third-order valence-corrected chi connectivity index (χ3v) is 10.4. The average Bonchev–Trinajstić information content (AvgIpc) is 3.77. The molecule has 0 aliphatic rings. The van der Waals surface area contributed by atoms with Crippen LogP contribution in [-0.2, 0) is 0 Å². The van der Waals surface area contributed by atoms with Crippen molar-refractivity contribution in [3.63, 3.8) is 0 Å². The van der Waals surface area contributed by atoms with Crippen molar-refractivity contribution in [2.75, 3.05) is 0 Å². The van der Waals surface area contributed by atoms with E-state index in [9.17, 15) is 0 Å². The summed E-state index contributed by atoms with van der Waals surface area (Å²) in [6.45, 7) is 12.1. The Hall–Kier alpha value is -7.37. The summed E-state index contributed by atoms with van der Waals surface area (Å²) in [5.74, 6) is 2.52. The van der Waals surface area contributed by atoms with Gasteiger partial charge in [-0.3, -0.25) is 0 Å². The van der Waals surface area contributed by atoms with Crippen LogP contribution in [0, 0.1) is 6.92 Å². The Bertz CT molecular complexity index is 2940. The molecule has 268 valence electrons. The molecule has 0 fully saturated rings. The van der Waals surface area contributed by atoms with Crippen LogP contribution >= 0.6 is 0 Å². The summed E-state index contributed by atoms with van der Waals surface area (Å²) in [7, 11) is 0. The highest BCUT2D eigenvalue weighted by molar-refractivity contribution is 6.11. The Balaban J connectivity index is 1.10. The van der Waals surface area contributed by atoms with E-state index in [-0.39, 0.29) is 0 Å². The van der Waals surface area contributed by atoms with Gasteiger partial charge < -0.3 is 8.98 Å². The summed E-state index contributed by atoms with van der Waals surface area (Å²) in [5, 5.41) is 3.43. The van der Waals surface area contributed by atoms with Crippen molar-refractivity contribution in [3.05, 3.63) is 200 Å². The summed E-state index contributed by atoms with van der Waals surface area (Å²) in [6, 6.07) is 50.3. The molecule has 0 amide bonds. The van der Waals surface area contributed by atoms with Crippen LogP contribution in [0.1, 0.15) is 24.1 Å². The summed E-state index contributed by atoms with van der Waals surface area (Å²) in [6.07, 6.45) is 7.70. The van der Waals surface area contributed by atoms with Crippen molar-refractivity contribution < 1.29 is 4.42 Å². The lowest BCUT2D eigenvalue weighted by atomic mass is 9.97. The number of nitrogens with zero attached hydrogens (tertiary/aromatic N) is 4. The van der Waals surface area contributed by atoms with Gasteiger partial charge in [0, 0.05) is 44.1 Å². The number of rotatable bonds is 9. The molecule has 56 heavy (non-hydrogen) atoms. The fraction of sp³-hybridized carbons (Fsp3) is 0.0392. The molecule has 5 heteroatoms. The van der Waals surface area contributed by atoms with E-state index in [1.165, 1.54) is 10.8 Å². The monoisotopic (exact) mass is 722 g/mol. The molecule has 0 saturated heterocycles. The first-order valence-electron chi connectivity index (χ1n) is 18.7. The summed E-state index contributed by atoms with van der Waals surface area (Å²) in [5.41, 5.74) is 12.1. The molecule has 6 aromatic carbocycles. The number of aromatic nitrogens is 4. The van der Waals surface area contributed by atoms with Crippen LogP contribution in [0.15, 0.2) is 187 Å². The first kappa shape index (κ1) is 34.4. The Kier molecular flexibility index (Phi) is 8.88. The SMILES string of the molecule is C=C/C=C(\C=C)n1c2ccccc2c2cc(-c3ccc(-c4cccc5c(C)c(/C(=C\C)c6nc(-c7ccccc7)nc(-c7ccccc7)n6)oc45)cc3)ccc21. The second-order valence-electron chi connectivity index (χ2n) is 13.7. The van der Waals surface area contributed by atoms with Gasteiger partial charge >= 0.3 is 0 Å².